The van der Waals surface area contributed by atoms with Crippen LogP contribution in [0.3, 0.4) is 0 Å². The first-order chi connectivity index (χ1) is 16.6. The topological polar surface area (TPSA) is 111 Å². The summed E-state index contributed by atoms with van der Waals surface area (Å²) < 4.78 is 11.1. The Morgan fingerprint density at radius 3 is 2.85 bits per heavy atom. The van der Waals surface area contributed by atoms with Gasteiger partial charge in [-0.1, -0.05) is 12.8 Å². The molecule has 0 aromatic carbocycles. The Bertz CT molecular complexity index is 1320. The van der Waals surface area contributed by atoms with Crippen LogP contribution < -0.4 is 15.4 Å². The van der Waals surface area contributed by atoms with E-state index >= 15 is 0 Å². The molecule has 5 rings (SSSR count). The van der Waals surface area contributed by atoms with Crippen molar-refractivity contribution < 1.29 is 14.3 Å². The highest BCUT2D eigenvalue weighted by atomic mass is 16.5. The van der Waals surface area contributed by atoms with Gasteiger partial charge in [-0.3, -0.25) is 4.79 Å². The Morgan fingerprint density at radius 1 is 1.24 bits per heavy atom. The molecule has 9 nitrogen and oxygen atoms in total. The Balaban J connectivity index is 1.44. The van der Waals surface area contributed by atoms with Crippen molar-refractivity contribution in [2.75, 3.05) is 31.4 Å². The largest absolute Gasteiger partial charge is 0.486 e. The predicted octanol–water partition coefficient (Wildman–Crippen LogP) is 2.80. The molecule has 1 aliphatic carbocycles. The van der Waals surface area contributed by atoms with Gasteiger partial charge < -0.3 is 20.1 Å². The van der Waals surface area contributed by atoms with Crippen molar-refractivity contribution in [3.8, 4) is 17.6 Å². The summed E-state index contributed by atoms with van der Waals surface area (Å²) in [6.07, 6.45) is 6.15. The quantitative estimate of drug-likeness (QED) is 0.562. The third-order valence-corrected chi connectivity index (χ3v) is 6.22. The van der Waals surface area contributed by atoms with Crippen LogP contribution in [-0.2, 0) is 16.0 Å². The number of aromatic nitrogens is 4. The first-order valence-corrected chi connectivity index (χ1v) is 11.4. The molecule has 1 saturated carbocycles. The van der Waals surface area contributed by atoms with Crippen LogP contribution in [-0.4, -0.2) is 52.9 Å². The number of pyridine rings is 2. The fourth-order valence-corrected chi connectivity index (χ4v) is 4.13. The van der Waals surface area contributed by atoms with Gasteiger partial charge >= 0.3 is 0 Å². The second-order valence-corrected chi connectivity index (χ2v) is 8.73. The molecule has 174 valence electrons. The lowest BCUT2D eigenvalue weighted by Crippen LogP contribution is -2.27. The zero-order valence-corrected chi connectivity index (χ0v) is 19.4. The molecule has 1 amide bonds. The number of anilines is 2. The number of nitrogens with one attached hydrogen (secondary N) is 2. The highest BCUT2D eigenvalue weighted by molar-refractivity contribution is 5.97. The average molecular weight is 459 g/mol. The van der Waals surface area contributed by atoms with Crippen molar-refractivity contribution in [3.05, 3.63) is 41.3 Å². The molecule has 0 bridgehead atoms. The van der Waals surface area contributed by atoms with Crippen molar-refractivity contribution in [1.82, 2.24) is 20.2 Å². The molecule has 9 heteroatoms. The van der Waals surface area contributed by atoms with Gasteiger partial charge in [-0.2, -0.15) is 0 Å². The summed E-state index contributed by atoms with van der Waals surface area (Å²) in [6.45, 7) is 2.63. The Labute approximate surface area is 197 Å². The molecule has 0 spiro atoms. The molecule has 1 unspecified atom stereocenters. The fraction of sp³-hybridized carbons (Fsp3) is 0.400. The van der Waals surface area contributed by atoms with E-state index in [9.17, 15) is 4.79 Å². The van der Waals surface area contributed by atoms with E-state index in [2.05, 4.69) is 49.6 Å². The molecule has 3 aromatic heterocycles. The molecule has 2 aliphatic rings. The van der Waals surface area contributed by atoms with Crippen LogP contribution in [0, 0.1) is 23.7 Å². The lowest BCUT2D eigenvalue weighted by molar-refractivity contribution is -0.117. The van der Waals surface area contributed by atoms with E-state index in [0.717, 1.165) is 36.0 Å². The van der Waals surface area contributed by atoms with Crippen LogP contribution in [0.2, 0.25) is 0 Å². The van der Waals surface area contributed by atoms with Gasteiger partial charge in [0.2, 0.25) is 5.91 Å². The summed E-state index contributed by atoms with van der Waals surface area (Å²) in [6, 6.07) is 3.76. The molecule has 1 aliphatic heterocycles. The van der Waals surface area contributed by atoms with Crippen molar-refractivity contribution in [1.29, 1.82) is 0 Å². The molecule has 3 atom stereocenters. The summed E-state index contributed by atoms with van der Waals surface area (Å²) in [4.78, 5) is 21.2. The number of ether oxygens (including phenoxy) is 2. The standard InChI is InChI=1S/C25H26N6O3/c1-14-8-19(14)25(32)29-22-10-20-16(11-28-24(26-2)23(20)31-30-22)4-6-17-9-15-5-7-18(13-33-3)34-21(15)12-27-17/h9-12,14,18-19H,5,7-8,13H2,1-3H3,(H,26,28)(H,29,30,32)/t14-,18?,19+/m1/s1. The molecular weight excluding hydrogens is 432 g/mol. The van der Waals surface area contributed by atoms with Crippen molar-refractivity contribution in [2.24, 2.45) is 11.8 Å². The minimum Gasteiger partial charge on any atom is -0.486 e. The number of rotatable bonds is 5. The smallest absolute Gasteiger partial charge is 0.228 e. The molecule has 3 aromatic rings. The van der Waals surface area contributed by atoms with E-state index in [-0.39, 0.29) is 17.9 Å². The highest BCUT2D eigenvalue weighted by Gasteiger charge is 2.39. The number of nitrogens with zero attached hydrogens (tertiary/aromatic N) is 4. The Kier molecular flexibility index (Phi) is 5.99. The first-order valence-electron chi connectivity index (χ1n) is 11.4. The predicted molar refractivity (Wildman–Crippen MR) is 128 cm³/mol. The summed E-state index contributed by atoms with van der Waals surface area (Å²) in [5.74, 6) is 8.52. The number of amides is 1. The lowest BCUT2D eigenvalue weighted by atomic mass is 10.0. The maximum Gasteiger partial charge on any atom is 0.228 e. The van der Waals surface area contributed by atoms with Crippen LogP contribution in [0.15, 0.2) is 24.5 Å². The van der Waals surface area contributed by atoms with Gasteiger partial charge in [-0.05, 0) is 48.8 Å². The number of methoxy groups -OCH3 is 1. The van der Waals surface area contributed by atoms with Gasteiger partial charge in [0.1, 0.15) is 23.1 Å². The molecule has 34 heavy (non-hydrogen) atoms. The van der Waals surface area contributed by atoms with Gasteiger partial charge in [0.15, 0.2) is 11.6 Å². The highest BCUT2D eigenvalue weighted by Crippen LogP contribution is 2.38. The van der Waals surface area contributed by atoms with E-state index in [1.165, 1.54) is 0 Å². The summed E-state index contributed by atoms with van der Waals surface area (Å²) >= 11 is 0. The first kappa shape index (κ1) is 22.0. The number of fused-ring (bicyclic) bond motifs is 2. The zero-order chi connectivity index (χ0) is 23.7. The zero-order valence-electron chi connectivity index (χ0n) is 19.4. The van der Waals surface area contributed by atoms with Crippen molar-refractivity contribution in [2.45, 2.75) is 32.3 Å². The molecular formula is C25H26N6O3. The molecule has 4 heterocycles. The summed E-state index contributed by atoms with van der Waals surface area (Å²) in [5.41, 5.74) is 3.00. The lowest BCUT2D eigenvalue weighted by Gasteiger charge is -2.25. The molecule has 0 saturated heterocycles. The van der Waals surface area contributed by atoms with Crippen molar-refractivity contribution in [3.63, 3.8) is 0 Å². The van der Waals surface area contributed by atoms with Gasteiger partial charge in [0, 0.05) is 31.7 Å². The van der Waals surface area contributed by atoms with Gasteiger partial charge in [-0.25, -0.2) is 9.97 Å². The number of hydrogen-bond acceptors (Lipinski definition) is 8. The Hall–Kier alpha value is -3.77. The molecule has 0 radical (unpaired) electrons. The van der Waals surface area contributed by atoms with Gasteiger partial charge in [-0.15, -0.1) is 10.2 Å². The van der Waals surface area contributed by atoms with Crippen LogP contribution in [0.25, 0.3) is 10.9 Å². The third kappa shape index (κ3) is 4.50. The summed E-state index contributed by atoms with van der Waals surface area (Å²) in [7, 11) is 3.45. The van der Waals surface area contributed by atoms with Crippen LogP contribution in [0.5, 0.6) is 5.75 Å². The summed E-state index contributed by atoms with van der Waals surface area (Å²) in [5, 5.41) is 15.1. The van der Waals surface area contributed by atoms with Crippen molar-refractivity contribution >= 4 is 28.4 Å². The number of carbonyl (C=O) groups excluding carboxylic acids is 1. The van der Waals surface area contributed by atoms with E-state index in [1.54, 1.807) is 32.6 Å². The van der Waals surface area contributed by atoms with Gasteiger partial charge in [0.25, 0.3) is 0 Å². The van der Waals surface area contributed by atoms with E-state index in [4.69, 9.17) is 9.47 Å². The number of carbonyl (C=O) groups is 1. The third-order valence-electron chi connectivity index (χ3n) is 6.22. The SMILES string of the molecule is CNc1ncc(C#Cc2cc3c(cn2)OC(COC)CC3)c2cc(NC(=O)[C@H]3C[C@H]3C)nnc12. The monoisotopic (exact) mass is 458 g/mol. The van der Waals surface area contributed by atoms with Gasteiger partial charge in [0.05, 0.1) is 18.4 Å². The Morgan fingerprint density at radius 2 is 2.09 bits per heavy atom. The minimum atomic E-state index is -0.0232. The van der Waals surface area contributed by atoms with E-state index in [0.29, 0.717) is 40.9 Å². The number of aryl methyl sites for hydroxylation is 1. The second kappa shape index (κ2) is 9.23. The van der Waals surface area contributed by atoms with Crippen LogP contribution >= 0.6 is 0 Å². The molecule has 1 fully saturated rings. The normalized spacial score (nSPS) is 20.5. The number of hydrogen-bond donors (Lipinski definition) is 2. The average Bonchev–Trinajstić information content (AvgIpc) is 3.59. The van der Waals surface area contributed by atoms with E-state index in [1.807, 2.05) is 6.07 Å². The van der Waals surface area contributed by atoms with Crippen LogP contribution in [0.1, 0.15) is 36.6 Å². The maximum atomic E-state index is 12.4. The minimum absolute atomic E-state index is 0.0232. The molecule has 2 N–H and O–H groups in total. The second-order valence-electron chi connectivity index (χ2n) is 8.73. The maximum absolute atomic E-state index is 12.4. The van der Waals surface area contributed by atoms with E-state index < -0.39 is 0 Å². The van der Waals surface area contributed by atoms with Crippen LogP contribution in [0.4, 0.5) is 11.6 Å². The fourth-order valence-electron chi connectivity index (χ4n) is 4.13.